The van der Waals surface area contributed by atoms with Gasteiger partial charge in [0.2, 0.25) is 5.91 Å². The third-order valence-electron chi connectivity index (χ3n) is 5.02. The summed E-state index contributed by atoms with van der Waals surface area (Å²) in [6.45, 7) is 4.27. The summed E-state index contributed by atoms with van der Waals surface area (Å²) in [6, 6.07) is 4.35. The molecule has 1 aliphatic rings. The first-order chi connectivity index (χ1) is 12.0. The zero-order valence-corrected chi connectivity index (χ0v) is 14.5. The van der Waals surface area contributed by atoms with Gasteiger partial charge >= 0.3 is 0 Å². The molecule has 1 aliphatic heterocycles. The Labute approximate surface area is 146 Å². The van der Waals surface area contributed by atoms with Crippen molar-refractivity contribution < 1.29 is 14.0 Å². The molecule has 6 heteroatoms. The second kappa shape index (κ2) is 6.78. The number of hydrogen-bond acceptors (Lipinski definition) is 4. The van der Waals surface area contributed by atoms with Crippen LogP contribution in [0.4, 0.5) is 10.2 Å². The van der Waals surface area contributed by atoms with Crippen molar-refractivity contribution in [2.24, 2.45) is 5.92 Å². The molecule has 0 spiro atoms. The lowest BCUT2D eigenvalue weighted by Crippen LogP contribution is -2.40. The summed E-state index contributed by atoms with van der Waals surface area (Å²) in [5.74, 6) is -0.157. The number of carbonyl (C=O) groups excluding carboxylic acids is 2. The van der Waals surface area contributed by atoms with Gasteiger partial charge in [0.05, 0.1) is 6.04 Å². The third kappa shape index (κ3) is 3.08. The smallest absolute Gasteiger partial charge is 0.226 e. The highest BCUT2D eigenvalue weighted by Gasteiger charge is 2.35. The largest absolute Gasteiger partial charge is 0.383 e. The number of halogens is 1. The Bertz CT molecular complexity index is 837. The maximum absolute atomic E-state index is 15.0. The van der Waals surface area contributed by atoms with Gasteiger partial charge in [-0.1, -0.05) is 19.1 Å². The summed E-state index contributed by atoms with van der Waals surface area (Å²) in [5, 5.41) is 0.948. The Morgan fingerprint density at radius 2 is 2.20 bits per heavy atom. The van der Waals surface area contributed by atoms with E-state index < -0.39 is 11.9 Å². The van der Waals surface area contributed by atoms with Crippen LogP contribution in [-0.2, 0) is 16.0 Å². The maximum atomic E-state index is 15.0. The molecule has 0 saturated carbocycles. The molecular weight excluding hydrogens is 321 g/mol. The minimum atomic E-state index is -0.642. The van der Waals surface area contributed by atoms with Crippen LogP contribution in [0, 0.1) is 18.7 Å². The number of benzene rings is 1. The van der Waals surface area contributed by atoms with E-state index in [2.05, 4.69) is 4.98 Å². The van der Waals surface area contributed by atoms with E-state index in [-0.39, 0.29) is 24.1 Å². The van der Waals surface area contributed by atoms with E-state index in [9.17, 15) is 14.0 Å². The van der Waals surface area contributed by atoms with Crippen molar-refractivity contribution in [1.29, 1.82) is 0 Å². The van der Waals surface area contributed by atoms with Gasteiger partial charge in [0.15, 0.2) is 0 Å². The standard InChI is InChI=1S/C19H22FN3O2/c1-3-12-6-7-23(19(12)25)14(10-24)9-13-4-5-15-16(17(13)20)8-11(2)22-18(15)21/h4-5,8,10,12,14H,3,6-7,9H2,1-2H3,(H2,21,22)/t12-,14+/m0/s1. The average molecular weight is 343 g/mol. The first-order valence-electron chi connectivity index (χ1n) is 8.56. The molecule has 1 fully saturated rings. The molecule has 2 N–H and O–H groups in total. The summed E-state index contributed by atoms with van der Waals surface area (Å²) in [5.41, 5.74) is 6.90. The second-order valence-electron chi connectivity index (χ2n) is 6.62. The molecule has 2 atom stereocenters. The van der Waals surface area contributed by atoms with Crippen molar-refractivity contribution in [2.45, 2.75) is 39.2 Å². The van der Waals surface area contributed by atoms with Gasteiger partial charge in [-0.25, -0.2) is 9.37 Å². The van der Waals surface area contributed by atoms with E-state index in [0.717, 1.165) is 19.1 Å². The van der Waals surface area contributed by atoms with Crippen LogP contribution >= 0.6 is 0 Å². The number of carbonyl (C=O) groups is 2. The van der Waals surface area contributed by atoms with Crippen molar-refractivity contribution in [2.75, 3.05) is 12.3 Å². The molecule has 0 aliphatic carbocycles. The van der Waals surface area contributed by atoms with Crippen molar-refractivity contribution in [3.63, 3.8) is 0 Å². The van der Waals surface area contributed by atoms with Crippen LogP contribution in [-0.4, -0.2) is 34.7 Å². The van der Waals surface area contributed by atoms with Crippen molar-refractivity contribution in [1.82, 2.24) is 9.88 Å². The summed E-state index contributed by atoms with van der Waals surface area (Å²) in [4.78, 5) is 29.7. The topological polar surface area (TPSA) is 76.3 Å². The molecule has 1 amide bonds. The van der Waals surface area contributed by atoms with Crippen LogP contribution in [0.15, 0.2) is 18.2 Å². The Morgan fingerprint density at radius 3 is 2.84 bits per heavy atom. The lowest BCUT2D eigenvalue weighted by molar-refractivity contribution is -0.135. The molecule has 0 bridgehead atoms. The van der Waals surface area contributed by atoms with Crippen molar-refractivity contribution in [3.8, 4) is 0 Å². The molecule has 2 heterocycles. The number of fused-ring (bicyclic) bond motifs is 1. The Balaban J connectivity index is 1.93. The van der Waals surface area contributed by atoms with Crippen LogP contribution in [0.2, 0.25) is 0 Å². The Morgan fingerprint density at radius 1 is 1.44 bits per heavy atom. The highest BCUT2D eigenvalue weighted by atomic mass is 19.1. The molecule has 25 heavy (non-hydrogen) atoms. The monoisotopic (exact) mass is 343 g/mol. The molecule has 2 aromatic rings. The highest BCUT2D eigenvalue weighted by molar-refractivity contribution is 5.92. The average Bonchev–Trinajstić information content (AvgIpc) is 2.95. The van der Waals surface area contributed by atoms with Crippen LogP contribution in [0.25, 0.3) is 10.8 Å². The number of aryl methyl sites for hydroxylation is 1. The molecule has 0 unspecified atom stereocenters. The number of rotatable bonds is 5. The number of likely N-dealkylation sites (tertiary alicyclic amines) is 1. The number of aldehydes is 1. The third-order valence-corrected chi connectivity index (χ3v) is 5.02. The number of anilines is 1. The van der Waals surface area contributed by atoms with Crippen LogP contribution in [0.3, 0.4) is 0 Å². The summed E-state index contributed by atoms with van der Waals surface area (Å²) in [6.07, 6.45) is 2.42. The lowest BCUT2D eigenvalue weighted by Gasteiger charge is -2.24. The van der Waals surface area contributed by atoms with Gasteiger partial charge in [-0.2, -0.15) is 0 Å². The van der Waals surface area contributed by atoms with Gasteiger partial charge < -0.3 is 15.4 Å². The van der Waals surface area contributed by atoms with E-state index in [1.54, 1.807) is 30.0 Å². The summed E-state index contributed by atoms with van der Waals surface area (Å²) >= 11 is 0. The summed E-state index contributed by atoms with van der Waals surface area (Å²) in [7, 11) is 0. The number of nitrogens with zero attached hydrogens (tertiary/aromatic N) is 2. The normalized spacial score (nSPS) is 18.8. The second-order valence-corrected chi connectivity index (χ2v) is 6.62. The minimum Gasteiger partial charge on any atom is -0.383 e. The molecule has 1 saturated heterocycles. The molecule has 0 radical (unpaired) electrons. The molecule has 132 valence electrons. The highest BCUT2D eigenvalue weighted by Crippen LogP contribution is 2.28. The Kier molecular flexibility index (Phi) is 4.70. The fourth-order valence-electron chi connectivity index (χ4n) is 3.58. The van der Waals surface area contributed by atoms with Gasteiger partial charge in [-0.3, -0.25) is 4.79 Å². The quantitative estimate of drug-likeness (QED) is 0.847. The Hall–Kier alpha value is -2.50. The van der Waals surface area contributed by atoms with E-state index in [1.807, 2.05) is 6.92 Å². The molecule has 3 rings (SSSR count). The zero-order valence-electron chi connectivity index (χ0n) is 14.5. The number of aromatic nitrogens is 1. The molecular formula is C19H22FN3O2. The van der Waals surface area contributed by atoms with E-state index in [1.165, 1.54) is 0 Å². The van der Waals surface area contributed by atoms with Crippen LogP contribution in [0.5, 0.6) is 0 Å². The van der Waals surface area contributed by atoms with Gasteiger partial charge in [0, 0.05) is 35.3 Å². The van der Waals surface area contributed by atoms with Gasteiger partial charge in [-0.05, 0) is 31.4 Å². The molecule has 5 nitrogen and oxygen atoms in total. The first kappa shape index (κ1) is 17.3. The van der Waals surface area contributed by atoms with Crippen molar-refractivity contribution in [3.05, 3.63) is 35.3 Å². The fraction of sp³-hybridized carbons (Fsp3) is 0.421. The number of nitrogen functional groups attached to an aromatic ring is 1. The van der Waals surface area contributed by atoms with E-state index in [4.69, 9.17) is 5.73 Å². The molecule has 1 aromatic carbocycles. The van der Waals surface area contributed by atoms with E-state index >= 15 is 0 Å². The first-order valence-corrected chi connectivity index (χ1v) is 8.56. The SMILES string of the molecule is CC[C@H]1CCN([C@@H](C=O)Cc2ccc3c(N)nc(C)cc3c2F)C1=O. The number of nitrogens with two attached hydrogens (primary N) is 1. The van der Waals surface area contributed by atoms with Gasteiger partial charge in [-0.15, -0.1) is 0 Å². The fourth-order valence-corrected chi connectivity index (χ4v) is 3.58. The lowest BCUT2D eigenvalue weighted by atomic mass is 10.00. The van der Waals surface area contributed by atoms with Gasteiger partial charge in [0.25, 0.3) is 0 Å². The molecule has 1 aromatic heterocycles. The number of pyridine rings is 1. The predicted molar refractivity (Wildman–Crippen MR) is 94.5 cm³/mol. The van der Waals surface area contributed by atoms with Crippen molar-refractivity contribution >= 4 is 28.8 Å². The predicted octanol–water partition coefficient (Wildman–Crippen LogP) is 2.63. The zero-order chi connectivity index (χ0) is 18.1. The van der Waals surface area contributed by atoms with Crippen LogP contribution in [0.1, 0.15) is 31.0 Å². The number of amides is 1. The van der Waals surface area contributed by atoms with Crippen LogP contribution < -0.4 is 5.73 Å². The maximum Gasteiger partial charge on any atom is 0.226 e. The minimum absolute atomic E-state index is 0.00918. The number of hydrogen-bond donors (Lipinski definition) is 1. The van der Waals surface area contributed by atoms with Gasteiger partial charge in [0.1, 0.15) is 17.9 Å². The van der Waals surface area contributed by atoms with E-state index in [0.29, 0.717) is 28.6 Å². The summed E-state index contributed by atoms with van der Waals surface area (Å²) < 4.78 is 15.0.